The van der Waals surface area contributed by atoms with Crippen molar-refractivity contribution in [3.8, 4) is 11.5 Å². The van der Waals surface area contributed by atoms with E-state index in [1.165, 1.54) is 25.2 Å². The van der Waals surface area contributed by atoms with Crippen LogP contribution < -0.4 is 0 Å². The summed E-state index contributed by atoms with van der Waals surface area (Å²) in [6.07, 6.45) is -0.198. The van der Waals surface area contributed by atoms with Gasteiger partial charge in [-0.05, 0) is 12.1 Å². The third kappa shape index (κ3) is 3.10. The van der Waals surface area contributed by atoms with Crippen LogP contribution in [0.5, 0.6) is 11.5 Å². The van der Waals surface area contributed by atoms with Crippen molar-refractivity contribution >= 4 is 11.9 Å². The van der Waals surface area contributed by atoms with E-state index in [-0.39, 0.29) is 30.0 Å². The first kappa shape index (κ1) is 12.8. The van der Waals surface area contributed by atoms with Gasteiger partial charge in [0.1, 0.15) is 17.1 Å². The van der Waals surface area contributed by atoms with Crippen molar-refractivity contribution in [2.75, 3.05) is 13.6 Å². The molecule has 0 atom stereocenters. The number of phenolic OH excluding ortho intramolecular Hbond substituents is 2. The van der Waals surface area contributed by atoms with E-state index in [0.29, 0.717) is 0 Å². The van der Waals surface area contributed by atoms with Gasteiger partial charge in [-0.3, -0.25) is 9.59 Å². The summed E-state index contributed by atoms with van der Waals surface area (Å²) in [5.41, 5.74) is -0.222. The number of aliphatic carboxylic acids is 1. The molecule has 17 heavy (non-hydrogen) atoms. The van der Waals surface area contributed by atoms with Crippen molar-refractivity contribution in [1.82, 2.24) is 4.90 Å². The van der Waals surface area contributed by atoms with E-state index >= 15 is 0 Å². The smallest absolute Gasteiger partial charge is 0.305 e. The number of amides is 1. The Balaban J connectivity index is 2.85. The van der Waals surface area contributed by atoms with Crippen molar-refractivity contribution < 1.29 is 24.9 Å². The molecule has 0 saturated carbocycles. The maximum Gasteiger partial charge on any atom is 0.305 e. The molecule has 0 unspecified atom stereocenters. The second-order valence-electron chi connectivity index (χ2n) is 3.54. The number of carbonyl (C=O) groups is 2. The SMILES string of the molecule is CN(CCC(=O)O)C(=O)c1c(O)cccc1O. The van der Waals surface area contributed by atoms with Gasteiger partial charge in [-0.15, -0.1) is 0 Å². The Morgan fingerprint density at radius 1 is 1.24 bits per heavy atom. The minimum absolute atomic E-state index is 0.00193. The lowest BCUT2D eigenvalue weighted by atomic mass is 10.1. The average Bonchev–Trinajstić information content (AvgIpc) is 2.25. The number of hydrogen-bond acceptors (Lipinski definition) is 4. The van der Waals surface area contributed by atoms with Crippen LogP contribution in [-0.4, -0.2) is 45.7 Å². The van der Waals surface area contributed by atoms with Gasteiger partial charge in [0, 0.05) is 13.6 Å². The zero-order valence-corrected chi connectivity index (χ0v) is 9.25. The van der Waals surface area contributed by atoms with E-state index in [1.54, 1.807) is 0 Å². The molecular weight excluding hydrogens is 226 g/mol. The number of hydrogen-bond donors (Lipinski definition) is 3. The molecule has 0 aliphatic carbocycles. The van der Waals surface area contributed by atoms with Gasteiger partial charge >= 0.3 is 5.97 Å². The Labute approximate surface area is 97.7 Å². The molecule has 0 aromatic heterocycles. The molecule has 3 N–H and O–H groups in total. The zero-order chi connectivity index (χ0) is 13.0. The second kappa shape index (κ2) is 5.20. The van der Waals surface area contributed by atoms with E-state index in [0.717, 1.165) is 4.90 Å². The molecule has 0 fully saturated rings. The van der Waals surface area contributed by atoms with E-state index < -0.39 is 11.9 Å². The molecule has 0 heterocycles. The summed E-state index contributed by atoms with van der Waals surface area (Å²) in [5, 5.41) is 27.4. The lowest BCUT2D eigenvalue weighted by molar-refractivity contribution is -0.137. The molecule has 0 radical (unpaired) electrons. The molecule has 6 nitrogen and oxygen atoms in total. The van der Waals surface area contributed by atoms with Crippen molar-refractivity contribution in [2.45, 2.75) is 6.42 Å². The summed E-state index contributed by atoms with van der Waals surface area (Å²) in [5.74, 6) is -2.32. The van der Waals surface area contributed by atoms with Crippen LogP contribution in [0, 0.1) is 0 Å². The van der Waals surface area contributed by atoms with Gasteiger partial charge in [0.2, 0.25) is 0 Å². The van der Waals surface area contributed by atoms with Crippen molar-refractivity contribution in [3.63, 3.8) is 0 Å². The van der Waals surface area contributed by atoms with Crippen LogP contribution in [0.2, 0.25) is 0 Å². The Hall–Kier alpha value is -2.24. The maximum absolute atomic E-state index is 11.8. The fraction of sp³-hybridized carbons (Fsp3) is 0.273. The van der Waals surface area contributed by atoms with Gasteiger partial charge in [0.15, 0.2) is 0 Å². The standard InChI is InChI=1S/C11H13NO5/c1-12(6-5-9(15)16)11(17)10-7(13)3-2-4-8(10)14/h2-4,13-14H,5-6H2,1H3,(H,15,16). The molecule has 6 heteroatoms. The van der Waals surface area contributed by atoms with E-state index in [4.69, 9.17) is 5.11 Å². The molecule has 0 bridgehead atoms. The molecule has 1 aromatic carbocycles. The quantitative estimate of drug-likeness (QED) is 0.716. The maximum atomic E-state index is 11.8. The van der Waals surface area contributed by atoms with Gasteiger partial charge in [0.05, 0.1) is 6.42 Å². The molecule has 0 aliphatic heterocycles. The lowest BCUT2D eigenvalue weighted by Crippen LogP contribution is -2.29. The van der Waals surface area contributed by atoms with Crippen LogP contribution in [-0.2, 0) is 4.79 Å². The number of nitrogens with zero attached hydrogens (tertiary/aromatic N) is 1. The summed E-state index contributed by atoms with van der Waals surface area (Å²) < 4.78 is 0. The van der Waals surface area contributed by atoms with Gasteiger partial charge in [0.25, 0.3) is 5.91 Å². The molecule has 0 aliphatic rings. The van der Waals surface area contributed by atoms with Gasteiger partial charge in [-0.2, -0.15) is 0 Å². The highest BCUT2D eigenvalue weighted by atomic mass is 16.4. The van der Waals surface area contributed by atoms with Crippen LogP contribution >= 0.6 is 0 Å². The Kier molecular flexibility index (Phi) is 3.92. The molecular formula is C11H13NO5. The third-order valence-electron chi connectivity index (χ3n) is 2.24. The molecule has 92 valence electrons. The summed E-state index contributed by atoms with van der Waals surface area (Å²) in [7, 11) is 1.40. The number of rotatable bonds is 4. The molecule has 1 amide bonds. The summed E-state index contributed by atoms with van der Waals surface area (Å²) in [4.78, 5) is 23.3. The molecule has 0 spiro atoms. The molecule has 1 aromatic rings. The number of benzene rings is 1. The van der Waals surface area contributed by atoms with Gasteiger partial charge < -0.3 is 20.2 Å². The molecule has 1 rings (SSSR count). The fourth-order valence-corrected chi connectivity index (χ4v) is 1.30. The minimum Gasteiger partial charge on any atom is -0.507 e. The second-order valence-corrected chi connectivity index (χ2v) is 3.54. The van der Waals surface area contributed by atoms with Crippen molar-refractivity contribution in [3.05, 3.63) is 23.8 Å². The van der Waals surface area contributed by atoms with E-state index in [1.807, 2.05) is 0 Å². The van der Waals surface area contributed by atoms with Crippen LogP contribution in [0.15, 0.2) is 18.2 Å². The third-order valence-corrected chi connectivity index (χ3v) is 2.24. The Morgan fingerprint density at radius 3 is 2.24 bits per heavy atom. The first-order valence-corrected chi connectivity index (χ1v) is 4.91. The predicted molar refractivity (Wildman–Crippen MR) is 59.0 cm³/mol. The van der Waals surface area contributed by atoms with Crippen LogP contribution in [0.3, 0.4) is 0 Å². The molecule has 0 saturated heterocycles. The highest BCUT2D eigenvalue weighted by molar-refractivity contribution is 5.99. The summed E-state index contributed by atoms with van der Waals surface area (Å²) in [6.45, 7) is 0.00193. The first-order chi connectivity index (χ1) is 7.93. The summed E-state index contributed by atoms with van der Waals surface area (Å²) in [6, 6.07) is 3.95. The monoisotopic (exact) mass is 239 g/mol. The van der Waals surface area contributed by atoms with E-state index in [9.17, 15) is 19.8 Å². The fourth-order valence-electron chi connectivity index (χ4n) is 1.30. The van der Waals surface area contributed by atoms with Crippen LogP contribution in [0.4, 0.5) is 0 Å². The topological polar surface area (TPSA) is 98.1 Å². The summed E-state index contributed by atoms with van der Waals surface area (Å²) >= 11 is 0. The van der Waals surface area contributed by atoms with Gasteiger partial charge in [-0.1, -0.05) is 6.07 Å². The number of aromatic hydroxyl groups is 2. The van der Waals surface area contributed by atoms with Crippen molar-refractivity contribution in [1.29, 1.82) is 0 Å². The lowest BCUT2D eigenvalue weighted by Gasteiger charge is -2.17. The van der Waals surface area contributed by atoms with Crippen molar-refractivity contribution in [2.24, 2.45) is 0 Å². The normalized spacial score (nSPS) is 9.94. The number of carboxylic acids is 1. The van der Waals surface area contributed by atoms with Crippen LogP contribution in [0.25, 0.3) is 0 Å². The number of phenols is 2. The van der Waals surface area contributed by atoms with E-state index in [2.05, 4.69) is 0 Å². The number of carbonyl (C=O) groups excluding carboxylic acids is 1. The number of carboxylic acid groups (broad SMARTS) is 1. The van der Waals surface area contributed by atoms with Crippen LogP contribution in [0.1, 0.15) is 16.8 Å². The first-order valence-electron chi connectivity index (χ1n) is 4.91. The predicted octanol–water partition coefficient (Wildman–Crippen LogP) is 0.644. The zero-order valence-electron chi connectivity index (χ0n) is 9.25. The Bertz CT molecular complexity index is 423. The average molecular weight is 239 g/mol. The highest BCUT2D eigenvalue weighted by Crippen LogP contribution is 2.27. The van der Waals surface area contributed by atoms with Gasteiger partial charge in [-0.25, -0.2) is 0 Å². The minimum atomic E-state index is -1.02. The largest absolute Gasteiger partial charge is 0.507 e. The Morgan fingerprint density at radius 2 is 1.76 bits per heavy atom. The highest BCUT2D eigenvalue weighted by Gasteiger charge is 2.20.